The van der Waals surface area contributed by atoms with E-state index in [1.54, 1.807) is 0 Å². The van der Waals surface area contributed by atoms with E-state index in [-0.39, 0.29) is 6.04 Å². The largest absolute Gasteiger partial charge is 0.312 e. The van der Waals surface area contributed by atoms with Crippen LogP contribution in [0.1, 0.15) is 19.8 Å². The van der Waals surface area contributed by atoms with E-state index in [0.29, 0.717) is 12.5 Å². The molecule has 0 aromatic rings. The molecule has 84 valence electrons. The van der Waals surface area contributed by atoms with Gasteiger partial charge in [-0.1, -0.05) is 6.92 Å². The van der Waals surface area contributed by atoms with Crippen LogP contribution in [0.2, 0.25) is 0 Å². The molecule has 2 atom stereocenters. The minimum absolute atomic E-state index is 0.256. The van der Waals surface area contributed by atoms with Crippen molar-refractivity contribution in [2.24, 2.45) is 5.92 Å². The smallest absolute Gasteiger partial charge is 0.276 e. The summed E-state index contributed by atoms with van der Waals surface area (Å²) in [6.45, 7) is 3.59. The first-order valence-electron chi connectivity index (χ1n) is 4.96. The van der Waals surface area contributed by atoms with E-state index in [2.05, 4.69) is 21.7 Å². The molecule has 5 nitrogen and oxygen atoms in total. The van der Waals surface area contributed by atoms with Crippen molar-refractivity contribution in [1.29, 1.82) is 0 Å². The monoisotopic (exact) mass is 221 g/mol. The summed E-state index contributed by atoms with van der Waals surface area (Å²) in [6.07, 6.45) is 2.34. The maximum atomic E-state index is 11.1. The molecule has 0 aromatic carbocycles. The summed E-state index contributed by atoms with van der Waals surface area (Å²) in [7, 11) is -1.88. The van der Waals surface area contributed by atoms with Crippen LogP contribution >= 0.6 is 0 Å². The average molecular weight is 221 g/mol. The van der Waals surface area contributed by atoms with Crippen molar-refractivity contribution in [1.82, 2.24) is 14.8 Å². The Morgan fingerprint density at radius 2 is 2.21 bits per heavy atom. The van der Waals surface area contributed by atoms with Crippen LogP contribution in [0.15, 0.2) is 0 Å². The molecule has 0 amide bonds. The lowest BCUT2D eigenvalue weighted by Crippen LogP contribution is -2.49. The van der Waals surface area contributed by atoms with Gasteiger partial charge in [0, 0.05) is 19.6 Å². The van der Waals surface area contributed by atoms with Crippen LogP contribution in [-0.4, -0.2) is 34.6 Å². The van der Waals surface area contributed by atoms with Gasteiger partial charge in [0.1, 0.15) is 0 Å². The maximum absolute atomic E-state index is 11.1. The third-order valence-corrected chi connectivity index (χ3v) is 3.78. The second-order valence-corrected chi connectivity index (χ2v) is 5.44. The van der Waals surface area contributed by atoms with Crippen molar-refractivity contribution in [3.05, 3.63) is 0 Å². The fourth-order valence-electron chi connectivity index (χ4n) is 1.66. The Bertz CT molecular complexity index is 266. The highest BCUT2D eigenvalue weighted by Crippen LogP contribution is 2.14. The summed E-state index contributed by atoms with van der Waals surface area (Å²) in [6, 6.07) is 0.256. The van der Waals surface area contributed by atoms with E-state index < -0.39 is 10.2 Å². The van der Waals surface area contributed by atoms with Gasteiger partial charge in [-0.05, 0) is 25.3 Å². The van der Waals surface area contributed by atoms with Gasteiger partial charge in [-0.15, -0.1) is 0 Å². The van der Waals surface area contributed by atoms with Crippen LogP contribution in [0.4, 0.5) is 0 Å². The van der Waals surface area contributed by atoms with Crippen LogP contribution in [-0.2, 0) is 10.2 Å². The molecule has 6 heteroatoms. The minimum Gasteiger partial charge on any atom is -0.312 e. The van der Waals surface area contributed by atoms with Gasteiger partial charge in [-0.3, -0.25) is 0 Å². The fraction of sp³-hybridized carbons (Fsp3) is 1.00. The molecule has 0 aromatic heterocycles. The summed E-state index contributed by atoms with van der Waals surface area (Å²) in [5.41, 5.74) is 0. The topological polar surface area (TPSA) is 70.2 Å². The number of rotatable bonds is 4. The highest BCUT2D eigenvalue weighted by Gasteiger charge is 2.21. The van der Waals surface area contributed by atoms with Gasteiger partial charge in [0.25, 0.3) is 10.2 Å². The number of hydrogen-bond donors (Lipinski definition) is 3. The zero-order chi connectivity index (χ0) is 10.6. The number of hydrogen-bond acceptors (Lipinski definition) is 3. The van der Waals surface area contributed by atoms with Crippen LogP contribution in [0, 0.1) is 5.92 Å². The summed E-state index contributed by atoms with van der Waals surface area (Å²) >= 11 is 0. The summed E-state index contributed by atoms with van der Waals surface area (Å²) in [4.78, 5) is 0. The lowest BCUT2D eigenvalue weighted by molar-refractivity contribution is 0.300. The second kappa shape index (κ2) is 5.06. The summed E-state index contributed by atoms with van der Waals surface area (Å²) in [5, 5.41) is 3.31. The summed E-state index contributed by atoms with van der Waals surface area (Å²) < 4.78 is 26.9. The first-order valence-corrected chi connectivity index (χ1v) is 6.45. The molecular weight excluding hydrogens is 202 g/mol. The fourth-order valence-corrected chi connectivity index (χ4v) is 2.20. The first kappa shape index (κ1) is 11.9. The Hall–Kier alpha value is -0.170. The van der Waals surface area contributed by atoms with Gasteiger partial charge >= 0.3 is 0 Å². The molecule has 0 bridgehead atoms. The van der Waals surface area contributed by atoms with E-state index in [9.17, 15) is 8.42 Å². The van der Waals surface area contributed by atoms with Crippen molar-refractivity contribution >= 4 is 10.2 Å². The zero-order valence-corrected chi connectivity index (χ0v) is 9.52. The lowest BCUT2D eigenvalue weighted by atomic mass is 9.93. The number of nitrogens with one attached hydrogen (secondary N) is 3. The van der Waals surface area contributed by atoms with Crippen molar-refractivity contribution in [2.45, 2.75) is 25.8 Å². The molecule has 0 spiro atoms. The predicted molar refractivity (Wildman–Crippen MR) is 56.2 cm³/mol. The molecule has 1 aliphatic rings. The van der Waals surface area contributed by atoms with E-state index >= 15 is 0 Å². The normalized spacial score (nSPS) is 29.0. The molecule has 1 fully saturated rings. The van der Waals surface area contributed by atoms with Gasteiger partial charge in [0.15, 0.2) is 0 Å². The molecule has 0 saturated carbocycles. The van der Waals surface area contributed by atoms with Gasteiger partial charge in [-0.25, -0.2) is 9.44 Å². The Kier molecular flexibility index (Phi) is 4.31. The molecule has 1 aliphatic heterocycles. The molecule has 3 N–H and O–H groups in total. The molecule has 1 heterocycles. The van der Waals surface area contributed by atoms with Crippen LogP contribution in [0.3, 0.4) is 0 Å². The van der Waals surface area contributed by atoms with Crippen molar-refractivity contribution in [2.75, 3.05) is 20.1 Å². The van der Waals surface area contributed by atoms with Gasteiger partial charge in [-0.2, -0.15) is 8.42 Å². The van der Waals surface area contributed by atoms with Gasteiger partial charge in [0.05, 0.1) is 0 Å². The van der Waals surface area contributed by atoms with Gasteiger partial charge in [0.2, 0.25) is 0 Å². The molecule has 1 saturated heterocycles. The predicted octanol–water partition coefficient (Wildman–Crippen LogP) is -0.572. The van der Waals surface area contributed by atoms with Crippen molar-refractivity contribution in [3.63, 3.8) is 0 Å². The molecule has 0 aliphatic carbocycles. The van der Waals surface area contributed by atoms with Crippen molar-refractivity contribution < 1.29 is 8.42 Å². The standard InChI is InChI=1S/C8H19N3O2S/c1-7-4-3-5-10-8(7)6-11-14(12,13)9-2/h7-11H,3-6H2,1-2H3. The average Bonchev–Trinajstić information content (AvgIpc) is 2.17. The highest BCUT2D eigenvalue weighted by atomic mass is 32.2. The molecule has 0 radical (unpaired) electrons. The third kappa shape index (κ3) is 3.53. The van der Waals surface area contributed by atoms with E-state index in [1.807, 2.05) is 0 Å². The van der Waals surface area contributed by atoms with E-state index in [4.69, 9.17) is 0 Å². The maximum Gasteiger partial charge on any atom is 0.276 e. The Balaban J connectivity index is 2.36. The lowest BCUT2D eigenvalue weighted by Gasteiger charge is -2.30. The Morgan fingerprint density at radius 1 is 1.50 bits per heavy atom. The SMILES string of the molecule is CNS(=O)(=O)NCC1NCCCC1C. The zero-order valence-electron chi connectivity index (χ0n) is 8.71. The van der Waals surface area contributed by atoms with E-state index in [0.717, 1.165) is 6.54 Å². The van der Waals surface area contributed by atoms with Crippen LogP contribution in [0.25, 0.3) is 0 Å². The summed E-state index contributed by atoms with van der Waals surface area (Å²) in [5.74, 6) is 0.531. The first-order chi connectivity index (χ1) is 6.55. The molecule has 2 unspecified atom stereocenters. The Morgan fingerprint density at radius 3 is 2.79 bits per heavy atom. The molecule has 14 heavy (non-hydrogen) atoms. The number of piperidine rings is 1. The molecule has 1 rings (SSSR count). The Labute approximate surface area is 85.8 Å². The third-order valence-electron chi connectivity index (χ3n) is 2.69. The van der Waals surface area contributed by atoms with E-state index in [1.165, 1.54) is 19.9 Å². The quantitative estimate of drug-likeness (QED) is 0.595. The van der Waals surface area contributed by atoms with Crippen LogP contribution < -0.4 is 14.8 Å². The highest BCUT2D eigenvalue weighted by molar-refractivity contribution is 7.87. The van der Waals surface area contributed by atoms with Crippen molar-refractivity contribution in [3.8, 4) is 0 Å². The molecular formula is C8H19N3O2S. The minimum atomic E-state index is -3.28. The second-order valence-electron chi connectivity index (χ2n) is 3.74. The van der Waals surface area contributed by atoms with Crippen LogP contribution in [0.5, 0.6) is 0 Å². The van der Waals surface area contributed by atoms with Gasteiger partial charge < -0.3 is 5.32 Å².